The maximum Gasteiger partial charge on any atom is 0.335 e. The first kappa shape index (κ1) is 21.3. The molecule has 0 bridgehead atoms. The van der Waals surface area contributed by atoms with E-state index in [1.54, 1.807) is 0 Å². The molecular weight excluding hydrogens is 412 g/mol. The van der Waals surface area contributed by atoms with E-state index in [-0.39, 0.29) is 33.3 Å². The molecule has 2 aromatic carbocycles. The van der Waals surface area contributed by atoms with Gasteiger partial charge < -0.3 is 14.6 Å². The fourth-order valence-electron chi connectivity index (χ4n) is 2.27. The van der Waals surface area contributed by atoms with Gasteiger partial charge >= 0.3 is 5.97 Å². The van der Waals surface area contributed by atoms with Crippen LogP contribution < -0.4 is 18.9 Å². The molecule has 0 amide bonds. The number of nitrogens with one attached hydrogen (secondary N) is 2. The topological polar surface area (TPSA) is 148 Å². The molecule has 0 aliphatic carbocycles. The minimum Gasteiger partial charge on any atom is -0.495 e. The van der Waals surface area contributed by atoms with E-state index in [0.717, 1.165) is 12.3 Å². The molecule has 28 heavy (non-hydrogen) atoms. The lowest BCUT2D eigenvalue weighted by molar-refractivity contribution is 0.0696. The number of ether oxygens (including phenoxy) is 2. The van der Waals surface area contributed by atoms with Crippen molar-refractivity contribution in [3.05, 3.63) is 42.0 Å². The largest absolute Gasteiger partial charge is 0.495 e. The van der Waals surface area contributed by atoms with Crippen LogP contribution in [0.25, 0.3) is 0 Å². The number of carboxylic acid groups (broad SMARTS) is 1. The monoisotopic (exact) mass is 430 g/mol. The summed E-state index contributed by atoms with van der Waals surface area (Å²) in [6.07, 6.45) is 0.963. The number of benzene rings is 2. The molecule has 0 aromatic heterocycles. The third-order valence-electron chi connectivity index (χ3n) is 3.45. The van der Waals surface area contributed by atoms with Crippen molar-refractivity contribution in [3.63, 3.8) is 0 Å². The lowest BCUT2D eigenvalue weighted by Gasteiger charge is -2.14. The van der Waals surface area contributed by atoms with Crippen molar-refractivity contribution in [2.75, 3.05) is 29.9 Å². The van der Waals surface area contributed by atoms with E-state index in [0.29, 0.717) is 0 Å². The Morgan fingerprint density at radius 3 is 2.11 bits per heavy atom. The maximum atomic E-state index is 12.7. The standard InChI is InChI=1S/C16H18N2O8S2/c1-25-13-7-4-10(16(19)20)8-15(13)28(23,24)17-11-5-6-12(14(9-11)26-2)18-27(3,21)22/h4-9,17-18H,1-3H3,(H,19,20). The molecule has 2 rings (SSSR count). The molecule has 0 spiro atoms. The molecule has 0 saturated heterocycles. The minimum atomic E-state index is -4.22. The van der Waals surface area contributed by atoms with Gasteiger partial charge in [-0.2, -0.15) is 0 Å². The molecule has 0 radical (unpaired) electrons. The summed E-state index contributed by atoms with van der Waals surface area (Å²) >= 11 is 0. The molecule has 0 atom stereocenters. The Morgan fingerprint density at radius 1 is 0.929 bits per heavy atom. The van der Waals surface area contributed by atoms with Crippen LogP contribution in [0.4, 0.5) is 11.4 Å². The van der Waals surface area contributed by atoms with Crippen molar-refractivity contribution >= 4 is 37.4 Å². The third kappa shape index (κ3) is 5.04. The van der Waals surface area contributed by atoms with Crippen LogP contribution in [0.15, 0.2) is 41.3 Å². The van der Waals surface area contributed by atoms with E-state index in [1.807, 2.05) is 0 Å². The number of anilines is 2. The van der Waals surface area contributed by atoms with Crippen LogP contribution in [0.3, 0.4) is 0 Å². The first-order valence-electron chi connectivity index (χ1n) is 7.57. The predicted octanol–water partition coefficient (Wildman–Crippen LogP) is 1.57. The number of methoxy groups -OCH3 is 2. The lowest BCUT2D eigenvalue weighted by atomic mass is 10.2. The quantitative estimate of drug-likeness (QED) is 0.572. The predicted molar refractivity (Wildman–Crippen MR) is 102 cm³/mol. The van der Waals surface area contributed by atoms with Gasteiger partial charge in [-0.05, 0) is 30.3 Å². The molecule has 0 heterocycles. The van der Waals surface area contributed by atoms with Crippen LogP contribution in [-0.4, -0.2) is 48.4 Å². The van der Waals surface area contributed by atoms with Gasteiger partial charge in [0, 0.05) is 6.07 Å². The van der Waals surface area contributed by atoms with Gasteiger partial charge in [0.05, 0.1) is 37.4 Å². The molecule has 0 aliphatic rings. The number of rotatable bonds is 8. The van der Waals surface area contributed by atoms with Crippen molar-refractivity contribution in [2.24, 2.45) is 0 Å². The van der Waals surface area contributed by atoms with Crippen molar-refractivity contribution in [2.45, 2.75) is 4.90 Å². The minimum absolute atomic E-state index is 0.0418. The van der Waals surface area contributed by atoms with Gasteiger partial charge in [0.1, 0.15) is 16.4 Å². The van der Waals surface area contributed by atoms with E-state index in [1.165, 1.54) is 44.6 Å². The number of hydrogen-bond acceptors (Lipinski definition) is 7. The molecule has 0 unspecified atom stereocenters. The van der Waals surface area contributed by atoms with Gasteiger partial charge in [-0.1, -0.05) is 0 Å². The summed E-state index contributed by atoms with van der Waals surface area (Å²) in [6.45, 7) is 0. The molecule has 2 aromatic rings. The average Bonchev–Trinajstić information content (AvgIpc) is 2.60. The van der Waals surface area contributed by atoms with Crippen LogP contribution in [0.1, 0.15) is 10.4 Å². The highest BCUT2D eigenvalue weighted by atomic mass is 32.2. The smallest absolute Gasteiger partial charge is 0.335 e. The molecule has 0 saturated carbocycles. The van der Waals surface area contributed by atoms with Crippen LogP contribution in [0.5, 0.6) is 11.5 Å². The molecule has 152 valence electrons. The third-order valence-corrected chi connectivity index (χ3v) is 5.44. The summed E-state index contributed by atoms with van der Waals surface area (Å²) in [6, 6.07) is 7.34. The summed E-state index contributed by atoms with van der Waals surface area (Å²) in [4.78, 5) is 10.8. The summed E-state index contributed by atoms with van der Waals surface area (Å²) in [5.74, 6) is -1.26. The first-order valence-corrected chi connectivity index (χ1v) is 10.9. The van der Waals surface area contributed by atoms with E-state index in [9.17, 15) is 21.6 Å². The second kappa shape index (κ2) is 7.94. The van der Waals surface area contributed by atoms with Crippen LogP contribution in [0, 0.1) is 0 Å². The zero-order valence-electron chi connectivity index (χ0n) is 15.1. The number of hydrogen-bond donors (Lipinski definition) is 3. The van der Waals surface area contributed by atoms with Crippen molar-refractivity contribution in [3.8, 4) is 11.5 Å². The highest BCUT2D eigenvalue weighted by Gasteiger charge is 2.22. The van der Waals surface area contributed by atoms with Gasteiger partial charge in [0.2, 0.25) is 10.0 Å². The van der Waals surface area contributed by atoms with Crippen LogP contribution in [0.2, 0.25) is 0 Å². The highest BCUT2D eigenvalue weighted by molar-refractivity contribution is 7.93. The number of aromatic carboxylic acids is 1. The zero-order chi connectivity index (χ0) is 21.1. The number of sulfonamides is 2. The molecule has 3 N–H and O–H groups in total. The number of carbonyl (C=O) groups is 1. The van der Waals surface area contributed by atoms with Crippen LogP contribution >= 0.6 is 0 Å². The molecule has 12 heteroatoms. The van der Waals surface area contributed by atoms with Gasteiger partial charge in [0.25, 0.3) is 10.0 Å². The van der Waals surface area contributed by atoms with E-state index in [4.69, 9.17) is 14.6 Å². The van der Waals surface area contributed by atoms with Gasteiger partial charge in [-0.15, -0.1) is 0 Å². The van der Waals surface area contributed by atoms with Crippen molar-refractivity contribution in [1.29, 1.82) is 0 Å². The number of carboxylic acids is 1. The van der Waals surface area contributed by atoms with Gasteiger partial charge in [-0.25, -0.2) is 21.6 Å². The Kier molecular flexibility index (Phi) is 6.04. The SMILES string of the molecule is COc1cc(NS(=O)(=O)c2cc(C(=O)O)ccc2OC)ccc1NS(C)(=O)=O. The normalized spacial score (nSPS) is 11.5. The first-order chi connectivity index (χ1) is 13.0. The second-order valence-corrected chi connectivity index (χ2v) is 8.96. The Hall–Kier alpha value is -2.99. The molecule has 0 aliphatic heterocycles. The molecule has 10 nitrogen and oxygen atoms in total. The second-order valence-electron chi connectivity index (χ2n) is 5.57. The Labute approximate surface area is 162 Å². The van der Waals surface area contributed by atoms with Crippen molar-refractivity contribution in [1.82, 2.24) is 0 Å². The highest BCUT2D eigenvalue weighted by Crippen LogP contribution is 2.31. The summed E-state index contributed by atoms with van der Waals surface area (Å²) in [7, 11) is -5.24. The Balaban J connectivity index is 2.44. The van der Waals surface area contributed by atoms with Gasteiger partial charge in [0.15, 0.2) is 0 Å². The van der Waals surface area contributed by atoms with Gasteiger partial charge in [-0.3, -0.25) is 9.44 Å². The fourth-order valence-corrected chi connectivity index (χ4v) is 4.08. The fraction of sp³-hybridized carbons (Fsp3) is 0.188. The molecular formula is C16H18N2O8S2. The van der Waals surface area contributed by atoms with E-state index in [2.05, 4.69) is 9.44 Å². The summed E-state index contributed by atoms with van der Waals surface area (Å²) < 4.78 is 62.9. The summed E-state index contributed by atoms with van der Waals surface area (Å²) in [5, 5.41) is 9.09. The lowest BCUT2D eigenvalue weighted by Crippen LogP contribution is -2.15. The van der Waals surface area contributed by atoms with Crippen molar-refractivity contribution < 1.29 is 36.2 Å². The Morgan fingerprint density at radius 2 is 1.57 bits per heavy atom. The average molecular weight is 430 g/mol. The van der Waals surface area contributed by atoms with E-state index >= 15 is 0 Å². The summed E-state index contributed by atoms with van der Waals surface area (Å²) in [5.41, 5.74) is -0.0384. The molecule has 0 fully saturated rings. The maximum absolute atomic E-state index is 12.7. The Bertz CT molecular complexity index is 1110. The zero-order valence-corrected chi connectivity index (χ0v) is 16.7. The van der Waals surface area contributed by atoms with Crippen LogP contribution in [-0.2, 0) is 20.0 Å². The van der Waals surface area contributed by atoms with E-state index < -0.39 is 26.0 Å².